The van der Waals surface area contributed by atoms with Crippen molar-refractivity contribution in [2.24, 2.45) is 0 Å². The molecule has 0 aliphatic rings. The van der Waals surface area contributed by atoms with Gasteiger partial charge >= 0.3 is 0 Å². The molecule has 0 saturated carbocycles. The number of methoxy groups -OCH3 is 2. The molecule has 2 aromatic carbocycles. The zero-order valence-electron chi connectivity index (χ0n) is 17.7. The maximum absolute atomic E-state index is 13.0. The van der Waals surface area contributed by atoms with Gasteiger partial charge in [-0.15, -0.1) is 0 Å². The van der Waals surface area contributed by atoms with Crippen LogP contribution in [-0.4, -0.2) is 41.1 Å². The van der Waals surface area contributed by atoms with E-state index >= 15 is 0 Å². The molecule has 0 bridgehead atoms. The van der Waals surface area contributed by atoms with Gasteiger partial charge in [0.2, 0.25) is 15.9 Å². The van der Waals surface area contributed by atoms with Crippen LogP contribution in [0.5, 0.6) is 11.5 Å². The Morgan fingerprint density at radius 2 is 1.70 bits per heavy atom. The van der Waals surface area contributed by atoms with Gasteiger partial charge in [0, 0.05) is 12.6 Å². The number of ether oxygens (including phenoxy) is 2. The molecule has 0 radical (unpaired) electrons. The highest BCUT2D eigenvalue weighted by Crippen LogP contribution is 2.29. The molecule has 8 heteroatoms. The van der Waals surface area contributed by atoms with Crippen molar-refractivity contribution in [2.75, 3.05) is 20.8 Å². The molecule has 1 amide bonds. The Morgan fingerprint density at radius 1 is 1.00 bits per heavy atom. The molecule has 0 fully saturated rings. The number of carbonyl (C=O) groups excluding carboxylic acids is 1. The Hall–Kier alpha value is -2.58. The number of sulfonamides is 1. The number of unbranched alkanes of at least 4 members (excludes halogenated alkanes) is 2. The molecule has 0 aliphatic carbocycles. The van der Waals surface area contributed by atoms with Crippen molar-refractivity contribution in [3.8, 4) is 11.5 Å². The summed E-state index contributed by atoms with van der Waals surface area (Å²) in [6.45, 7) is 2.59. The summed E-state index contributed by atoms with van der Waals surface area (Å²) in [5.74, 6) is 0.369. The summed E-state index contributed by atoms with van der Waals surface area (Å²) >= 11 is 0. The summed E-state index contributed by atoms with van der Waals surface area (Å²) in [5, 5.41) is 2.84. The second-order valence-electron chi connectivity index (χ2n) is 6.88. The van der Waals surface area contributed by atoms with Gasteiger partial charge in [-0.1, -0.05) is 50.1 Å². The normalized spacial score (nSPS) is 12.2. The van der Waals surface area contributed by atoms with Crippen LogP contribution in [0.4, 0.5) is 0 Å². The van der Waals surface area contributed by atoms with E-state index in [1.807, 2.05) is 30.3 Å². The lowest BCUT2D eigenvalue weighted by Crippen LogP contribution is -2.48. The fourth-order valence-corrected chi connectivity index (χ4v) is 4.20. The van der Waals surface area contributed by atoms with E-state index in [9.17, 15) is 13.2 Å². The van der Waals surface area contributed by atoms with E-state index in [1.54, 1.807) is 0 Å². The summed E-state index contributed by atoms with van der Waals surface area (Å²) < 4.78 is 38.9. The third-order valence-corrected chi connectivity index (χ3v) is 6.11. The van der Waals surface area contributed by atoms with Gasteiger partial charge in [0.1, 0.15) is 6.04 Å². The lowest BCUT2D eigenvalue weighted by atomic mass is 10.1. The second-order valence-corrected chi connectivity index (χ2v) is 8.59. The molecule has 0 heterocycles. The van der Waals surface area contributed by atoms with E-state index in [0.717, 1.165) is 24.8 Å². The van der Waals surface area contributed by atoms with Gasteiger partial charge in [-0.25, -0.2) is 8.42 Å². The first-order valence-corrected chi connectivity index (χ1v) is 11.5. The molecule has 0 aromatic heterocycles. The number of hydrogen-bond donors (Lipinski definition) is 2. The Morgan fingerprint density at radius 3 is 2.33 bits per heavy atom. The molecular weight excluding hydrogens is 404 g/mol. The van der Waals surface area contributed by atoms with Gasteiger partial charge < -0.3 is 14.8 Å². The lowest BCUT2D eigenvalue weighted by molar-refractivity contribution is -0.122. The number of hydrogen-bond acceptors (Lipinski definition) is 5. The zero-order chi connectivity index (χ0) is 22.0. The van der Waals surface area contributed by atoms with Gasteiger partial charge in [-0.05, 0) is 30.5 Å². The van der Waals surface area contributed by atoms with Crippen LogP contribution in [0.25, 0.3) is 0 Å². The smallest absolute Gasteiger partial charge is 0.241 e. The quantitative estimate of drug-likeness (QED) is 0.501. The monoisotopic (exact) mass is 434 g/mol. The Balaban J connectivity index is 2.23. The summed E-state index contributed by atoms with van der Waals surface area (Å²) in [6.07, 6.45) is 3.13. The minimum Gasteiger partial charge on any atom is -0.493 e. The van der Waals surface area contributed by atoms with Crippen molar-refractivity contribution in [3.63, 3.8) is 0 Å². The fourth-order valence-electron chi connectivity index (χ4n) is 2.99. The largest absolute Gasteiger partial charge is 0.493 e. The van der Waals surface area contributed by atoms with Crippen molar-refractivity contribution in [2.45, 2.75) is 43.5 Å². The SMILES string of the molecule is CCCCCNC(=O)[C@H](Cc1ccccc1)NS(=O)(=O)c1ccc(OC)c(OC)c1. The van der Waals surface area contributed by atoms with Gasteiger partial charge in [0.05, 0.1) is 19.1 Å². The van der Waals surface area contributed by atoms with Crippen LogP contribution in [-0.2, 0) is 21.2 Å². The molecule has 7 nitrogen and oxygen atoms in total. The van der Waals surface area contributed by atoms with E-state index in [2.05, 4.69) is 17.0 Å². The van der Waals surface area contributed by atoms with E-state index < -0.39 is 16.1 Å². The number of benzene rings is 2. The van der Waals surface area contributed by atoms with Crippen LogP contribution < -0.4 is 19.5 Å². The minimum atomic E-state index is -3.96. The van der Waals surface area contributed by atoms with Gasteiger partial charge in [0.15, 0.2) is 11.5 Å². The molecule has 30 heavy (non-hydrogen) atoms. The molecule has 2 N–H and O–H groups in total. The van der Waals surface area contributed by atoms with Crippen molar-refractivity contribution in [3.05, 3.63) is 54.1 Å². The number of rotatable bonds is 12. The minimum absolute atomic E-state index is 0.00278. The van der Waals surface area contributed by atoms with Crippen molar-refractivity contribution in [1.82, 2.24) is 10.0 Å². The third kappa shape index (κ3) is 6.74. The lowest BCUT2D eigenvalue weighted by Gasteiger charge is -2.19. The van der Waals surface area contributed by atoms with Gasteiger partial charge in [-0.2, -0.15) is 4.72 Å². The van der Waals surface area contributed by atoms with Gasteiger partial charge in [-0.3, -0.25) is 4.79 Å². The van der Waals surface area contributed by atoms with Gasteiger partial charge in [0.25, 0.3) is 0 Å². The van der Waals surface area contributed by atoms with E-state index in [4.69, 9.17) is 9.47 Å². The fraction of sp³-hybridized carbons (Fsp3) is 0.409. The average Bonchev–Trinajstić information content (AvgIpc) is 2.76. The third-order valence-electron chi connectivity index (χ3n) is 4.64. The van der Waals surface area contributed by atoms with E-state index in [-0.39, 0.29) is 17.2 Å². The first-order chi connectivity index (χ1) is 14.4. The number of nitrogens with one attached hydrogen (secondary N) is 2. The molecule has 2 rings (SSSR count). The van der Waals surface area contributed by atoms with Crippen LogP contribution in [0.2, 0.25) is 0 Å². The summed E-state index contributed by atoms with van der Waals surface area (Å²) in [6, 6.07) is 12.7. The standard InChI is InChI=1S/C22H30N2O5S/c1-4-5-9-14-23-22(25)19(15-17-10-7-6-8-11-17)24-30(26,27)18-12-13-20(28-2)21(16-18)29-3/h6-8,10-13,16,19,24H,4-5,9,14-15H2,1-3H3,(H,23,25)/t19-/m0/s1. The molecule has 0 unspecified atom stereocenters. The molecule has 0 spiro atoms. The number of carbonyl (C=O) groups is 1. The predicted molar refractivity (Wildman–Crippen MR) is 116 cm³/mol. The average molecular weight is 435 g/mol. The van der Waals surface area contributed by atoms with Crippen molar-refractivity contribution < 1.29 is 22.7 Å². The molecule has 1 atom stereocenters. The Kier molecular flexibility index (Phi) is 9.14. The van der Waals surface area contributed by atoms with E-state index in [0.29, 0.717) is 18.0 Å². The molecular formula is C22H30N2O5S. The van der Waals surface area contributed by atoms with Crippen molar-refractivity contribution >= 4 is 15.9 Å². The maximum Gasteiger partial charge on any atom is 0.241 e. The van der Waals surface area contributed by atoms with Crippen LogP contribution in [0.1, 0.15) is 31.7 Å². The summed E-state index contributed by atoms with van der Waals surface area (Å²) in [5.41, 5.74) is 0.862. The molecule has 164 valence electrons. The topological polar surface area (TPSA) is 93.7 Å². The summed E-state index contributed by atoms with van der Waals surface area (Å²) in [7, 11) is -1.05. The van der Waals surface area contributed by atoms with E-state index in [1.165, 1.54) is 32.4 Å². The Bertz CT molecular complexity index is 916. The summed E-state index contributed by atoms with van der Waals surface area (Å²) in [4.78, 5) is 12.8. The van der Waals surface area contributed by atoms with Crippen molar-refractivity contribution in [1.29, 1.82) is 0 Å². The highest BCUT2D eigenvalue weighted by molar-refractivity contribution is 7.89. The molecule has 0 aliphatic heterocycles. The molecule has 2 aromatic rings. The number of amides is 1. The molecule has 0 saturated heterocycles. The highest BCUT2D eigenvalue weighted by atomic mass is 32.2. The van der Waals surface area contributed by atoms with Crippen LogP contribution >= 0.6 is 0 Å². The maximum atomic E-state index is 13.0. The predicted octanol–water partition coefficient (Wildman–Crippen LogP) is 2.90. The second kappa shape index (κ2) is 11.6. The zero-order valence-corrected chi connectivity index (χ0v) is 18.5. The highest BCUT2D eigenvalue weighted by Gasteiger charge is 2.26. The Labute approximate surface area is 178 Å². The first-order valence-electron chi connectivity index (χ1n) is 9.97. The van der Waals surface area contributed by atoms with Crippen LogP contribution in [0, 0.1) is 0 Å². The van der Waals surface area contributed by atoms with Crippen LogP contribution in [0.3, 0.4) is 0 Å². The first kappa shape index (κ1) is 23.7. The van der Waals surface area contributed by atoms with Crippen LogP contribution in [0.15, 0.2) is 53.4 Å².